The second kappa shape index (κ2) is 16.4. The van der Waals surface area contributed by atoms with Crippen LogP contribution in [0, 0.1) is 0 Å². The number of allylic oxidation sites excluding steroid dienone is 1. The van der Waals surface area contributed by atoms with Crippen LogP contribution in [0.4, 0.5) is 0 Å². The Hall–Kier alpha value is -4.91. The number of esters is 2. The van der Waals surface area contributed by atoms with Gasteiger partial charge in [-0.25, -0.2) is 9.59 Å². The van der Waals surface area contributed by atoms with Gasteiger partial charge in [0.2, 0.25) is 0 Å². The van der Waals surface area contributed by atoms with Gasteiger partial charge in [-0.2, -0.15) is 0 Å². The molecule has 0 heterocycles. The van der Waals surface area contributed by atoms with Gasteiger partial charge >= 0.3 is 11.9 Å². The van der Waals surface area contributed by atoms with Crippen molar-refractivity contribution in [1.82, 2.24) is 0 Å². The van der Waals surface area contributed by atoms with Gasteiger partial charge < -0.3 is 18.9 Å². The van der Waals surface area contributed by atoms with E-state index >= 15 is 0 Å². The normalized spacial score (nSPS) is 9.93. The summed E-state index contributed by atoms with van der Waals surface area (Å²) in [6.45, 7) is 18.1. The minimum absolute atomic E-state index is 0.286. The Kier molecular flexibility index (Phi) is 13.0. The van der Waals surface area contributed by atoms with Gasteiger partial charge in [0.25, 0.3) is 0 Å². The first-order valence-electron chi connectivity index (χ1n) is 13.4. The average Bonchev–Trinajstić information content (AvgIpc) is 2.98. The second-order valence-corrected chi connectivity index (χ2v) is 9.60. The van der Waals surface area contributed by atoms with E-state index in [4.69, 9.17) is 18.9 Å². The van der Waals surface area contributed by atoms with Crippen molar-refractivity contribution < 1.29 is 33.3 Å². The van der Waals surface area contributed by atoms with Crippen LogP contribution >= 0.6 is 0 Å². The van der Waals surface area contributed by atoms with Crippen molar-refractivity contribution in [3.8, 4) is 45.3 Å². The van der Waals surface area contributed by atoms with Crippen molar-refractivity contribution in [2.45, 2.75) is 40.5 Å². The Morgan fingerprint density at radius 3 is 1.64 bits per heavy atom. The van der Waals surface area contributed by atoms with Crippen LogP contribution in [0.5, 0.6) is 23.0 Å². The smallest absolute Gasteiger partial charge is 0.338 e. The minimum Gasteiger partial charge on any atom is -0.497 e. The number of hydrogen-bond acceptors (Lipinski definition) is 7. The molecule has 0 unspecified atom stereocenters. The highest BCUT2D eigenvalue weighted by atomic mass is 16.5. The largest absolute Gasteiger partial charge is 0.497 e. The Balaban J connectivity index is 0.00000113. The molecule has 0 spiro atoms. The first-order chi connectivity index (χ1) is 20.0. The Morgan fingerprint density at radius 2 is 1.19 bits per heavy atom. The quantitative estimate of drug-likeness (QED) is 0.0718. The van der Waals surface area contributed by atoms with E-state index in [1.807, 2.05) is 42.5 Å². The molecular formula is C35H38O7. The van der Waals surface area contributed by atoms with E-state index in [9.17, 15) is 14.4 Å². The third-order valence-corrected chi connectivity index (χ3v) is 5.71. The Labute approximate surface area is 248 Å². The Morgan fingerprint density at radius 1 is 0.738 bits per heavy atom. The predicted molar refractivity (Wildman–Crippen MR) is 166 cm³/mol. The van der Waals surface area contributed by atoms with E-state index in [0.717, 1.165) is 35.8 Å². The van der Waals surface area contributed by atoms with Crippen LogP contribution < -0.4 is 18.9 Å². The summed E-state index contributed by atoms with van der Waals surface area (Å²) in [6.07, 6.45) is 2.59. The van der Waals surface area contributed by atoms with E-state index < -0.39 is 11.9 Å². The summed E-state index contributed by atoms with van der Waals surface area (Å²) < 4.78 is 22.6. The number of rotatable bonds is 12. The Bertz CT molecular complexity index is 1430. The molecule has 0 aromatic heterocycles. The second-order valence-electron chi connectivity index (χ2n) is 9.60. The molecule has 220 valence electrons. The van der Waals surface area contributed by atoms with Gasteiger partial charge in [0.15, 0.2) is 0 Å². The predicted octanol–water partition coefficient (Wildman–Crippen LogP) is 7.93. The molecule has 3 rings (SSSR count). The van der Waals surface area contributed by atoms with Gasteiger partial charge in [-0.1, -0.05) is 57.3 Å². The van der Waals surface area contributed by atoms with E-state index in [1.165, 1.54) is 0 Å². The van der Waals surface area contributed by atoms with Crippen molar-refractivity contribution in [3.63, 3.8) is 0 Å². The molecule has 0 saturated heterocycles. The van der Waals surface area contributed by atoms with Crippen molar-refractivity contribution in [1.29, 1.82) is 0 Å². The van der Waals surface area contributed by atoms with Crippen LogP contribution in [-0.4, -0.2) is 31.9 Å². The first-order valence-corrected chi connectivity index (χ1v) is 13.4. The van der Waals surface area contributed by atoms with Crippen LogP contribution in [0.15, 0.2) is 97.1 Å². The van der Waals surface area contributed by atoms with E-state index in [2.05, 4.69) is 26.7 Å². The summed E-state index contributed by atoms with van der Waals surface area (Å²) in [7, 11) is 1.61. The highest BCUT2D eigenvalue weighted by Gasteiger charge is 2.19. The maximum atomic E-state index is 12.5. The standard InChI is InChI=1S/C31H32O6.C4H6O/c1-7-8-17-35-28-18-27(23-9-13-24(34-6)14-10-23)29(37-31(33)21(4)5)19-26(28)22-11-15-25(16-12-22)36-30(32)20(2)3;1-4(2)3-5/h9-16,18-19H,2,4,7-8,17H2,1,3,5-6H3;3H,1H2,2H3. The lowest BCUT2D eigenvalue weighted by Gasteiger charge is -2.18. The molecule has 3 aromatic rings. The number of methoxy groups -OCH3 is 1. The summed E-state index contributed by atoms with van der Waals surface area (Å²) in [5.41, 5.74) is 4.23. The molecule has 0 amide bonds. The van der Waals surface area contributed by atoms with E-state index in [-0.39, 0.29) is 5.57 Å². The molecule has 0 radical (unpaired) electrons. The summed E-state index contributed by atoms with van der Waals surface area (Å²) in [6, 6.07) is 18.2. The number of benzene rings is 3. The zero-order chi connectivity index (χ0) is 31.2. The summed E-state index contributed by atoms with van der Waals surface area (Å²) >= 11 is 0. The summed E-state index contributed by atoms with van der Waals surface area (Å²) in [5.74, 6) is 1.10. The molecule has 0 aliphatic rings. The monoisotopic (exact) mass is 570 g/mol. The van der Waals surface area contributed by atoms with Crippen LogP contribution in [0.2, 0.25) is 0 Å². The maximum Gasteiger partial charge on any atom is 0.338 e. The molecule has 0 bridgehead atoms. The fourth-order valence-corrected chi connectivity index (χ4v) is 3.40. The highest BCUT2D eigenvalue weighted by molar-refractivity contribution is 5.92. The lowest BCUT2D eigenvalue weighted by molar-refractivity contribution is -0.130. The number of carbonyl (C=O) groups is 3. The van der Waals surface area contributed by atoms with Gasteiger partial charge in [-0.05, 0) is 80.3 Å². The fourth-order valence-electron chi connectivity index (χ4n) is 3.40. The third kappa shape index (κ3) is 9.93. The zero-order valence-electron chi connectivity index (χ0n) is 25.0. The molecule has 7 heteroatoms. The molecule has 0 fully saturated rings. The minimum atomic E-state index is -0.526. The van der Waals surface area contributed by atoms with Crippen molar-refractivity contribution in [2.75, 3.05) is 13.7 Å². The average molecular weight is 571 g/mol. The van der Waals surface area contributed by atoms with Crippen molar-refractivity contribution in [2.24, 2.45) is 0 Å². The van der Waals surface area contributed by atoms with Crippen molar-refractivity contribution in [3.05, 3.63) is 97.1 Å². The molecular weight excluding hydrogens is 532 g/mol. The van der Waals surface area contributed by atoms with Gasteiger partial charge in [0.05, 0.1) is 13.7 Å². The zero-order valence-corrected chi connectivity index (χ0v) is 25.0. The van der Waals surface area contributed by atoms with Crippen LogP contribution in [0.3, 0.4) is 0 Å². The van der Waals surface area contributed by atoms with Crippen LogP contribution in [0.1, 0.15) is 40.5 Å². The lowest BCUT2D eigenvalue weighted by atomic mass is 9.97. The van der Waals surface area contributed by atoms with Gasteiger partial charge in [0, 0.05) is 22.3 Å². The van der Waals surface area contributed by atoms with Gasteiger partial charge in [-0.15, -0.1) is 0 Å². The topological polar surface area (TPSA) is 88.1 Å². The number of hydrogen-bond donors (Lipinski definition) is 0. The van der Waals surface area contributed by atoms with Crippen LogP contribution in [0.25, 0.3) is 22.3 Å². The number of ether oxygens (including phenoxy) is 4. The number of unbranched alkanes of at least 4 members (excludes halogenated alkanes) is 1. The highest BCUT2D eigenvalue weighted by Crippen LogP contribution is 2.42. The van der Waals surface area contributed by atoms with E-state index in [0.29, 0.717) is 46.3 Å². The number of carbonyl (C=O) groups excluding carboxylic acids is 3. The van der Waals surface area contributed by atoms with Crippen molar-refractivity contribution >= 4 is 18.2 Å². The third-order valence-electron chi connectivity index (χ3n) is 5.71. The molecule has 0 saturated carbocycles. The SMILES string of the molecule is C=C(C)C(=O)Oc1ccc(-c2cc(OC(=O)C(=C)C)c(-c3ccc(OC)cc3)cc2OCCCC)cc1.C=C(C)C=O. The summed E-state index contributed by atoms with van der Waals surface area (Å²) in [5, 5.41) is 0. The first kappa shape index (κ1) is 33.3. The molecule has 3 aromatic carbocycles. The number of aldehydes is 1. The molecule has 0 aliphatic heterocycles. The molecule has 42 heavy (non-hydrogen) atoms. The van der Waals surface area contributed by atoms with Gasteiger partial charge in [-0.3, -0.25) is 4.79 Å². The maximum absolute atomic E-state index is 12.5. The van der Waals surface area contributed by atoms with E-state index in [1.54, 1.807) is 46.1 Å². The molecule has 0 N–H and O–H groups in total. The van der Waals surface area contributed by atoms with Crippen LogP contribution in [-0.2, 0) is 14.4 Å². The summed E-state index contributed by atoms with van der Waals surface area (Å²) in [4.78, 5) is 33.8. The van der Waals surface area contributed by atoms with Gasteiger partial charge in [0.1, 0.15) is 29.3 Å². The molecule has 0 aliphatic carbocycles. The lowest BCUT2D eigenvalue weighted by Crippen LogP contribution is -2.10. The fraction of sp³-hybridized carbons (Fsp3) is 0.229. The molecule has 7 nitrogen and oxygen atoms in total. The molecule has 0 atom stereocenters.